The van der Waals surface area contributed by atoms with Crippen LogP contribution in [0.15, 0.2) is 29.8 Å². The largest absolute Gasteiger partial charge is 0.494 e. The number of amides is 1. The highest BCUT2D eigenvalue weighted by molar-refractivity contribution is 5.99. The van der Waals surface area contributed by atoms with Crippen molar-refractivity contribution < 1.29 is 19.1 Å². The molecule has 1 aromatic rings. The molecule has 1 heterocycles. The maximum Gasteiger partial charge on any atom is 0.349 e. The van der Waals surface area contributed by atoms with Crippen molar-refractivity contribution in [2.45, 2.75) is 45.6 Å². The summed E-state index contributed by atoms with van der Waals surface area (Å²) in [5.74, 6) is -0.280. The molecule has 1 aromatic carbocycles. The molecule has 1 atom stereocenters. The van der Waals surface area contributed by atoms with E-state index < -0.39 is 12.1 Å². The van der Waals surface area contributed by atoms with E-state index in [1.165, 1.54) is 6.08 Å². The lowest BCUT2D eigenvalue weighted by atomic mass is 10.1. The van der Waals surface area contributed by atoms with Crippen LogP contribution in [-0.4, -0.2) is 42.6 Å². The smallest absolute Gasteiger partial charge is 0.349 e. The maximum atomic E-state index is 12.5. The first kappa shape index (κ1) is 20.5. The Kier molecular flexibility index (Phi) is 7.87. The Hall–Kier alpha value is -2.81. The van der Waals surface area contributed by atoms with Crippen LogP contribution >= 0.6 is 0 Å². The van der Waals surface area contributed by atoms with Crippen LogP contribution in [0.4, 0.5) is 0 Å². The molecule has 0 unspecified atom stereocenters. The first-order valence-corrected chi connectivity index (χ1v) is 9.39. The van der Waals surface area contributed by atoms with E-state index in [0.29, 0.717) is 31.0 Å². The Morgan fingerprint density at radius 1 is 1.19 bits per heavy atom. The lowest BCUT2D eigenvalue weighted by Gasteiger charge is -2.23. The zero-order valence-corrected chi connectivity index (χ0v) is 15.9. The van der Waals surface area contributed by atoms with Gasteiger partial charge in [-0.25, -0.2) is 4.79 Å². The van der Waals surface area contributed by atoms with Crippen molar-refractivity contribution in [3.05, 3.63) is 35.4 Å². The van der Waals surface area contributed by atoms with Gasteiger partial charge in [0.2, 0.25) is 0 Å². The monoisotopic (exact) mass is 370 g/mol. The van der Waals surface area contributed by atoms with Gasteiger partial charge in [-0.3, -0.25) is 4.79 Å². The number of hydrogen-bond donors (Lipinski definition) is 0. The van der Waals surface area contributed by atoms with Gasteiger partial charge in [0.25, 0.3) is 5.91 Å². The summed E-state index contributed by atoms with van der Waals surface area (Å²) in [7, 11) is 0. The molecule has 6 heteroatoms. The summed E-state index contributed by atoms with van der Waals surface area (Å²) in [5, 5.41) is 9.29. The number of benzene rings is 1. The van der Waals surface area contributed by atoms with E-state index in [-0.39, 0.29) is 11.5 Å². The molecule has 0 bridgehead atoms. The summed E-state index contributed by atoms with van der Waals surface area (Å²) in [6, 6.07) is 8.89. The Morgan fingerprint density at radius 3 is 2.37 bits per heavy atom. The van der Waals surface area contributed by atoms with Gasteiger partial charge in [0, 0.05) is 13.1 Å². The van der Waals surface area contributed by atoms with Gasteiger partial charge in [-0.2, -0.15) is 5.26 Å². The van der Waals surface area contributed by atoms with Gasteiger partial charge in [-0.1, -0.05) is 25.0 Å². The predicted octanol–water partition coefficient (Wildman–Crippen LogP) is 3.33. The third-order valence-electron chi connectivity index (χ3n) is 4.39. The minimum absolute atomic E-state index is 0.144. The molecule has 1 fully saturated rings. The summed E-state index contributed by atoms with van der Waals surface area (Å²) in [5.41, 5.74) is 0.535. The zero-order valence-electron chi connectivity index (χ0n) is 15.9. The van der Waals surface area contributed by atoms with Gasteiger partial charge in [0.15, 0.2) is 6.10 Å². The van der Waals surface area contributed by atoms with Crippen molar-refractivity contribution in [2.75, 3.05) is 19.7 Å². The molecule has 2 rings (SSSR count). The molecule has 1 aliphatic rings. The van der Waals surface area contributed by atoms with E-state index >= 15 is 0 Å². The standard InChI is InChI=1S/C21H26N2O4/c1-3-26-19-10-8-17(9-11-19)14-18(15-22)21(25)27-16(2)20(24)23-12-6-4-5-7-13-23/h8-11,14,16H,3-7,12-13H2,1-2H3/b18-14+/t16-/m0/s1. The van der Waals surface area contributed by atoms with Crippen LogP contribution in [0.2, 0.25) is 0 Å². The third-order valence-corrected chi connectivity index (χ3v) is 4.39. The molecule has 0 radical (unpaired) electrons. The molecule has 0 spiro atoms. The summed E-state index contributed by atoms with van der Waals surface area (Å²) in [4.78, 5) is 26.5. The van der Waals surface area contributed by atoms with Gasteiger partial charge < -0.3 is 14.4 Å². The van der Waals surface area contributed by atoms with Gasteiger partial charge in [-0.15, -0.1) is 0 Å². The van der Waals surface area contributed by atoms with Crippen LogP contribution in [0.25, 0.3) is 6.08 Å². The average molecular weight is 370 g/mol. The van der Waals surface area contributed by atoms with Crippen molar-refractivity contribution in [3.8, 4) is 11.8 Å². The van der Waals surface area contributed by atoms with Crippen LogP contribution in [0.1, 0.15) is 45.1 Å². The van der Waals surface area contributed by atoms with Gasteiger partial charge >= 0.3 is 5.97 Å². The Balaban J connectivity index is 2.00. The van der Waals surface area contributed by atoms with Gasteiger partial charge in [-0.05, 0) is 50.5 Å². The number of esters is 1. The lowest BCUT2D eigenvalue weighted by molar-refractivity contribution is -0.155. The molecule has 6 nitrogen and oxygen atoms in total. The highest BCUT2D eigenvalue weighted by Crippen LogP contribution is 2.16. The summed E-state index contributed by atoms with van der Waals surface area (Å²) >= 11 is 0. The van der Waals surface area contributed by atoms with E-state index in [1.807, 2.05) is 13.0 Å². The lowest BCUT2D eigenvalue weighted by Crippen LogP contribution is -2.40. The quantitative estimate of drug-likeness (QED) is 0.436. The van der Waals surface area contributed by atoms with Crippen molar-refractivity contribution in [1.82, 2.24) is 4.90 Å². The second kappa shape index (κ2) is 10.4. The molecule has 0 saturated carbocycles. The van der Waals surface area contributed by atoms with Crippen LogP contribution in [-0.2, 0) is 14.3 Å². The normalized spacial score (nSPS) is 16.0. The fourth-order valence-electron chi connectivity index (χ4n) is 2.95. The fourth-order valence-corrected chi connectivity index (χ4v) is 2.95. The van der Waals surface area contributed by atoms with Crippen molar-refractivity contribution >= 4 is 18.0 Å². The Labute approximate surface area is 160 Å². The number of hydrogen-bond acceptors (Lipinski definition) is 5. The second-order valence-corrected chi connectivity index (χ2v) is 6.46. The number of rotatable bonds is 6. The van der Waals surface area contributed by atoms with Gasteiger partial charge in [0.1, 0.15) is 17.4 Å². The molecular weight excluding hydrogens is 344 g/mol. The van der Waals surface area contributed by atoms with E-state index in [1.54, 1.807) is 36.1 Å². The number of nitriles is 1. The number of nitrogens with zero attached hydrogens (tertiary/aromatic N) is 2. The number of ether oxygens (including phenoxy) is 2. The summed E-state index contributed by atoms with van der Waals surface area (Å²) in [6.07, 6.45) is 4.69. The molecule has 1 saturated heterocycles. The highest BCUT2D eigenvalue weighted by atomic mass is 16.5. The van der Waals surface area contributed by atoms with Crippen molar-refractivity contribution in [1.29, 1.82) is 5.26 Å². The topological polar surface area (TPSA) is 79.6 Å². The molecule has 0 aliphatic carbocycles. The number of likely N-dealkylation sites (tertiary alicyclic amines) is 1. The van der Waals surface area contributed by atoms with Crippen LogP contribution in [0, 0.1) is 11.3 Å². The Bertz CT molecular complexity index is 711. The first-order valence-electron chi connectivity index (χ1n) is 9.39. The molecule has 144 valence electrons. The third kappa shape index (κ3) is 6.14. The summed E-state index contributed by atoms with van der Waals surface area (Å²) in [6.45, 7) is 5.39. The average Bonchev–Trinajstić information content (AvgIpc) is 2.96. The fraction of sp³-hybridized carbons (Fsp3) is 0.476. The Morgan fingerprint density at radius 2 is 1.81 bits per heavy atom. The maximum absolute atomic E-state index is 12.5. The predicted molar refractivity (Wildman–Crippen MR) is 102 cm³/mol. The number of carbonyl (C=O) groups is 2. The molecular formula is C21H26N2O4. The highest BCUT2D eigenvalue weighted by Gasteiger charge is 2.25. The summed E-state index contributed by atoms with van der Waals surface area (Å²) < 4.78 is 10.6. The van der Waals surface area contributed by atoms with Crippen LogP contribution in [0.5, 0.6) is 5.75 Å². The number of carbonyl (C=O) groups excluding carboxylic acids is 2. The van der Waals surface area contributed by atoms with Crippen molar-refractivity contribution in [3.63, 3.8) is 0 Å². The van der Waals surface area contributed by atoms with E-state index in [2.05, 4.69) is 0 Å². The zero-order chi connectivity index (χ0) is 19.6. The molecule has 1 aliphatic heterocycles. The first-order chi connectivity index (χ1) is 13.0. The van der Waals surface area contributed by atoms with Crippen LogP contribution in [0.3, 0.4) is 0 Å². The minimum atomic E-state index is -0.910. The van der Waals surface area contributed by atoms with Gasteiger partial charge in [0.05, 0.1) is 6.61 Å². The second-order valence-electron chi connectivity index (χ2n) is 6.46. The molecule has 1 amide bonds. The molecule has 27 heavy (non-hydrogen) atoms. The SMILES string of the molecule is CCOc1ccc(/C=C(\C#N)C(=O)O[C@@H](C)C(=O)N2CCCCCC2)cc1. The molecule has 0 N–H and O–H groups in total. The van der Waals surface area contributed by atoms with Crippen molar-refractivity contribution in [2.24, 2.45) is 0 Å². The van der Waals surface area contributed by atoms with Crippen LogP contribution < -0.4 is 4.74 Å². The van der Waals surface area contributed by atoms with E-state index in [0.717, 1.165) is 25.7 Å². The van der Waals surface area contributed by atoms with E-state index in [4.69, 9.17) is 9.47 Å². The minimum Gasteiger partial charge on any atom is -0.494 e. The van der Waals surface area contributed by atoms with E-state index in [9.17, 15) is 14.9 Å². The molecule has 0 aromatic heterocycles.